The molecular formula is C20H20ClN3O2. The molecule has 1 heterocycles. The molecule has 1 amide bonds. The Morgan fingerprint density at radius 1 is 1.15 bits per heavy atom. The van der Waals surface area contributed by atoms with Crippen LogP contribution in [0.3, 0.4) is 0 Å². The van der Waals surface area contributed by atoms with E-state index in [0.29, 0.717) is 10.8 Å². The molecule has 0 saturated heterocycles. The number of nitrogens with one attached hydrogen (secondary N) is 1. The highest BCUT2D eigenvalue weighted by molar-refractivity contribution is 6.30. The highest BCUT2D eigenvalue weighted by Crippen LogP contribution is 2.23. The number of halogens is 1. The maximum absolute atomic E-state index is 12.4. The quantitative estimate of drug-likeness (QED) is 0.701. The number of anilines is 1. The molecule has 0 radical (unpaired) electrons. The predicted octanol–water partition coefficient (Wildman–Crippen LogP) is 4.35. The van der Waals surface area contributed by atoms with Gasteiger partial charge in [0.05, 0.1) is 0 Å². The molecule has 26 heavy (non-hydrogen) atoms. The van der Waals surface area contributed by atoms with E-state index in [9.17, 15) is 4.79 Å². The Morgan fingerprint density at radius 3 is 2.62 bits per heavy atom. The molecular weight excluding hydrogens is 350 g/mol. The highest BCUT2D eigenvalue weighted by Gasteiger charge is 2.14. The molecule has 6 heteroatoms. The van der Waals surface area contributed by atoms with E-state index in [4.69, 9.17) is 16.1 Å². The smallest absolute Gasteiger partial charge is 0.277 e. The summed E-state index contributed by atoms with van der Waals surface area (Å²) >= 11 is 5.98. The average molecular weight is 370 g/mol. The SMILES string of the molecule is CN(C)CCc1ccc(NC(=O)c2cc(-c3cccc(Cl)c3)on2)cc1. The first-order valence-corrected chi connectivity index (χ1v) is 8.67. The van der Waals surface area contributed by atoms with Gasteiger partial charge in [0, 0.05) is 28.9 Å². The molecule has 0 aliphatic rings. The van der Waals surface area contributed by atoms with Crippen LogP contribution in [-0.4, -0.2) is 36.6 Å². The van der Waals surface area contributed by atoms with Crippen molar-refractivity contribution in [2.45, 2.75) is 6.42 Å². The van der Waals surface area contributed by atoms with Crippen LogP contribution in [0.1, 0.15) is 16.1 Å². The Balaban J connectivity index is 1.65. The van der Waals surface area contributed by atoms with Gasteiger partial charge in [-0.3, -0.25) is 4.79 Å². The second-order valence-electron chi connectivity index (χ2n) is 6.29. The van der Waals surface area contributed by atoms with E-state index in [-0.39, 0.29) is 11.6 Å². The molecule has 1 aromatic heterocycles. The summed E-state index contributed by atoms with van der Waals surface area (Å²) in [7, 11) is 4.09. The van der Waals surface area contributed by atoms with Gasteiger partial charge < -0.3 is 14.7 Å². The normalized spacial score (nSPS) is 10.9. The molecule has 0 aliphatic heterocycles. The summed E-state index contributed by atoms with van der Waals surface area (Å²) in [6.07, 6.45) is 0.966. The van der Waals surface area contributed by atoms with Gasteiger partial charge in [0.2, 0.25) is 0 Å². The molecule has 0 saturated carbocycles. The fraction of sp³-hybridized carbons (Fsp3) is 0.200. The van der Waals surface area contributed by atoms with Crippen molar-refractivity contribution in [3.8, 4) is 11.3 Å². The summed E-state index contributed by atoms with van der Waals surface area (Å²) in [6.45, 7) is 0.983. The molecule has 0 bridgehead atoms. The van der Waals surface area contributed by atoms with Crippen LogP contribution in [0, 0.1) is 0 Å². The number of hydrogen-bond donors (Lipinski definition) is 1. The summed E-state index contributed by atoms with van der Waals surface area (Å²) < 4.78 is 5.26. The minimum atomic E-state index is -0.317. The van der Waals surface area contributed by atoms with E-state index in [1.807, 2.05) is 50.5 Å². The van der Waals surface area contributed by atoms with Crippen molar-refractivity contribution >= 4 is 23.2 Å². The standard InChI is InChI=1S/C20H20ClN3O2/c1-24(2)11-10-14-6-8-17(9-7-14)22-20(25)18-13-19(26-23-18)15-4-3-5-16(21)12-15/h3-9,12-13H,10-11H2,1-2H3,(H,22,25). The van der Waals surface area contributed by atoms with Gasteiger partial charge in [-0.15, -0.1) is 0 Å². The van der Waals surface area contributed by atoms with Crippen LogP contribution in [0.25, 0.3) is 11.3 Å². The molecule has 0 fully saturated rings. The van der Waals surface area contributed by atoms with E-state index in [0.717, 1.165) is 24.2 Å². The zero-order valence-corrected chi connectivity index (χ0v) is 15.5. The van der Waals surface area contributed by atoms with Gasteiger partial charge in [0.25, 0.3) is 5.91 Å². The maximum Gasteiger partial charge on any atom is 0.277 e. The first-order chi connectivity index (χ1) is 12.5. The van der Waals surface area contributed by atoms with Crippen LogP contribution < -0.4 is 5.32 Å². The molecule has 5 nitrogen and oxygen atoms in total. The number of amides is 1. The first-order valence-electron chi connectivity index (χ1n) is 8.29. The van der Waals surface area contributed by atoms with Gasteiger partial charge in [-0.25, -0.2) is 0 Å². The minimum absolute atomic E-state index is 0.219. The van der Waals surface area contributed by atoms with Crippen molar-refractivity contribution < 1.29 is 9.32 Å². The van der Waals surface area contributed by atoms with Crippen LogP contribution in [0.15, 0.2) is 59.1 Å². The van der Waals surface area contributed by atoms with Crippen molar-refractivity contribution in [2.24, 2.45) is 0 Å². The Bertz CT molecular complexity index is 888. The van der Waals surface area contributed by atoms with E-state index < -0.39 is 0 Å². The van der Waals surface area contributed by atoms with Crippen molar-refractivity contribution in [3.63, 3.8) is 0 Å². The van der Waals surface area contributed by atoms with Gasteiger partial charge in [-0.2, -0.15) is 0 Å². The summed E-state index contributed by atoms with van der Waals surface area (Å²) in [6, 6.07) is 16.6. The Kier molecular flexibility index (Phi) is 5.71. The lowest BCUT2D eigenvalue weighted by Gasteiger charge is -2.09. The molecule has 0 atom stereocenters. The fourth-order valence-corrected chi connectivity index (χ4v) is 2.65. The largest absolute Gasteiger partial charge is 0.355 e. The molecule has 3 aromatic rings. The Morgan fingerprint density at radius 2 is 1.92 bits per heavy atom. The predicted molar refractivity (Wildman–Crippen MR) is 104 cm³/mol. The maximum atomic E-state index is 12.4. The Hall–Kier alpha value is -2.63. The van der Waals surface area contributed by atoms with Gasteiger partial charge in [0.15, 0.2) is 11.5 Å². The van der Waals surface area contributed by atoms with Crippen LogP contribution in [-0.2, 0) is 6.42 Å². The second kappa shape index (κ2) is 8.17. The third kappa shape index (κ3) is 4.71. The molecule has 134 valence electrons. The van der Waals surface area contributed by atoms with Crippen molar-refractivity contribution in [3.05, 3.63) is 70.9 Å². The lowest BCUT2D eigenvalue weighted by molar-refractivity contribution is 0.101. The number of carbonyl (C=O) groups is 1. The first kappa shape index (κ1) is 18.2. The third-order valence-corrected chi connectivity index (χ3v) is 4.15. The zero-order valence-electron chi connectivity index (χ0n) is 14.7. The van der Waals surface area contributed by atoms with E-state index in [1.165, 1.54) is 5.56 Å². The minimum Gasteiger partial charge on any atom is -0.355 e. The van der Waals surface area contributed by atoms with Crippen LogP contribution in [0.4, 0.5) is 5.69 Å². The molecule has 0 spiro atoms. The lowest BCUT2D eigenvalue weighted by Crippen LogP contribution is -2.15. The van der Waals surface area contributed by atoms with Crippen molar-refractivity contribution in [1.82, 2.24) is 10.1 Å². The molecule has 3 rings (SSSR count). The summed E-state index contributed by atoms with van der Waals surface area (Å²) in [5.74, 6) is 0.180. The van der Waals surface area contributed by atoms with Crippen molar-refractivity contribution in [1.29, 1.82) is 0 Å². The van der Waals surface area contributed by atoms with Gasteiger partial charge in [0.1, 0.15) is 0 Å². The van der Waals surface area contributed by atoms with Crippen LogP contribution in [0.2, 0.25) is 5.02 Å². The lowest BCUT2D eigenvalue weighted by atomic mass is 10.1. The van der Waals surface area contributed by atoms with Gasteiger partial charge in [-0.1, -0.05) is 41.0 Å². The zero-order chi connectivity index (χ0) is 18.5. The van der Waals surface area contributed by atoms with Gasteiger partial charge >= 0.3 is 0 Å². The number of nitrogens with zero attached hydrogens (tertiary/aromatic N) is 2. The summed E-state index contributed by atoms with van der Waals surface area (Å²) in [5.41, 5.74) is 2.93. The van der Waals surface area contributed by atoms with E-state index >= 15 is 0 Å². The fourth-order valence-electron chi connectivity index (χ4n) is 2.46. The van der Waals surface area contributed by atoms with Gasteiger partial charge in [-0.05, 0) is 50.3 Å². The third-order valence-electron chi connectivity index (χ3n) is 3.91. The van der Waals surface area contributed by atoms with Crippen LogP contribution >= 0.6 is 11.6 Å². The molecule has 2 aromatic carbocycles. The molecule has 0 aliphatic carbocycles. The highest BCUT2D eigenvalue weighted by atomic mass is 35.5. The number of hydrogen-bond acceptors (Lipinski definition) is 4. The van der Waals surface area contributed by atoms with Crippen LogP contribution in [0.5, 0.6) is 0 Å². The van der Waals surface area contributed by atoms with E-state index in [2.05, 4.69) is 15.4 Å². The molecule has 1 N–H and O–H groups in total. The number of benzene rings is 2. The van der Waals surface area contributed by atoms with E-state index in [1.54, 1.807) is 18.2 Å². The number of rotatable bonds is 6. The molecule has 0 unspecified atom stereocenters. The number of aromatic nitrogens is 1. The average Bonchev–Trinajstić information content (AvgIpc) is 3.11. The second-order valence-corrected chi connectivity index (χ2v) is 6.73. The number of carbonyl (C=O) groups excluding carboxylic acids is 1. The monoisotopic (exact) mass is 369 g/mol. The topological polar surface area (TPSA) is 58.4 Å². The van der Waals surface area contributed by atoms with Crippen molar-refractivity contribution in [2.75, 3.05) is 26.0 Å². The Labute approximate surface area is 157 Å². The number of likely N-dealkylation sites (N-methyl/N-ethyl adjacent to an activating group) is 1. The summed E-state index contributed by atoms with van der Waals surface area (Å²) in [4.78, 5) is 14.5. The summed E-state index contributed by atoms with van der Waals surface area (Å²) in [5, 5.41) is 7.27.